The summed E-state index contributed by atoms with van der Waals surface area (Å²) in [5.74, 6) is 0.632. The average molecular weight is 646 g/mol. The third-order valence-corrected chi connectivity index (χ3v) is 9.81. The van der Waals surface area contributed by atoms with Crippen LogP contribution >= 0.6 is 34.8 Å². The first-order chi connectivity index (χ1) is 19.5. The molecule has 1 aliphatic rings. The minimum absolute atomic E-state index is 0. The highest BCUT2D eigenvalue weighted by molar-refractivity contribution is 8.25. The molecule has 0 bridgehead atoms. The Balaban J connectivity index is 0.00000616. The number of nitrogens with one attached hydrogen (secondary N) is 3. The summed E-state index contributed by atoms with van der Waals surface area (Å²) in [4.78, 5) is 13.7. The minimum Gasteiger partial charge on any atom is -0.390 e. The van der Waals surface area contributed by atoms with Crippen molar-refractivity contribution < 1.29 is 19.0 Å². The summed E-state index contributed by atoms with van der Waals surface area (Å²) in [7, 11) is -2.95. The number of benzene rings is 2. The Morgan fingerprint density at radius 2 is 1.83 bits per heavy atom. The number of hydrogen-bond acceptors (Lipinski definition) is 7. The van der Waals surface area contributed by atoms with E-state index in [2.05, 4.69) is 36.7 Å². The Morgan fingerprint density at radius 3 is 2.50 bits per heavy atom. The highest BCUT2D eigenvalue weighted by Gasteiger charge is 2.29. The monoisotopic (exact) mass is 644 g/mol. The molecule has 238 valence electrons. The van der Waals surface area contributed by atoms with E-state index in [9.17, 15) is 19.0 Å². The molecular weight excluding hydrogens is 595 g/mol. The van der Waals surface area contributed by atoms with Crippen LogP contribution in [0.15, 0.2) is 42.5 Å². The Bertz CT molecular complexity index is 1120. The van der Waals surface area contributed by atoms with Gasteiger partial charge in [0.05, 0.1) is 23.6 Å². The van der Waals surface area contributed by atoms with Gasteiger partial charge >= 0.3 is 0 Å². The molecule has 2 aromatic rings. The minimum atomic E-state index is -2.95. The van der Waals surface area contributed by atoms with Gasteiger partial charge in [-0.25, -0.2) is 0 Å². The summed E-state index contributed by atoms with van der Waals surface area (Å²) in [5, 5.41) is 21.6. The van der Waals surface area contributed by atoms with E-state index in [1.165, 1.54) is 6.42 Å². The Labute approximate surface area is 264 Å². The van der Waals surface area contributed by atoms with Gasteiger partial charge in [0.25, 0.3) is 5.91 Å². The van der Waals surface area contributed by atoms with Crippen LogP contribution in [0.3, 0.4) is 0 Å². The summed E-state index contributed by atoms with van der Waals surface area (Å²) in [6.07, 6.45) is 4.41. The average Bonchev–Trinajstić information content (AvgIpc) is 2.92. The molecule has 1 saturated heterocycles. The first kappa shape index (κ1) is 36.5. The molecule has 3 rings (SSSR count). The maximum Gasteiger partial charge on any atom is 0.251 e. The molecule has 3 atom stereocenters. The molecule has 1 heterocycles. The van der Waals surface area contributed by atoms with E-state index in [0.717, 1.165) is 36.9 Å². The molecule has 1 amide bonds. The van der Waals surface area contributed by atoms with Crippen LogP contribution in [0.1, 0.15) is 75.7 Å². The maximum absolute atomic E-state index is 13.7. The SMILES string of the molecule is CCNc1cc(C(=O)N[C@@H](Cc2ccccc2Cl)[C@@H](O)CNC(C)CCCC(C)C)cc(N2CCCCS2(O)O)c1.Cl. The maximum atomic E-state index is 13.7. The summed E-state index contributed by atoms with van der Waals surface area (Å²) in [6, 6.07) is 12.4. The second-order valence-electron chi connectivity index (χ2n) is 11.5. The van der Waals surface area contributed by atoms with Crippen molar-refractivity contribution >= 4 is 52.1 Å². The number of aliphatic hydroxyl groups excluding tert-OH is 1. The van der Waals surface area contributed by atoms with Gasteiger partial charge in [-0.15, -0.1) is 23.2 Å². The number of nitrogens with zero attached hydrogens (tertiary/aromatic N) is 1. The molecule has 8 nitrogen and oxygen atoms in total. The van der Waals surface area contributed by atoms with Crippen molar-refractivity contribution in [3.05, 3.63) is 58.6 Å². The van der Waals surface area contributed by atoms with Crippen LogP contribution in [0.2, 0.25) is 5.02 Å². The summed E-state index contributed by atoms with van der Waals surface area (Å²) in [6.45, 7) is 10.0. The van der Waals surface area contributed by atoms with E-state index >= 15 is 0 Å². The third-order valence-electron chi connectivity index (χ3n) is 7.50. The Kier molecular flexibility index (Phi) is 15.2. The molecule has 0 aliphatic carbocycles. The van der Waals surface area contributed by atoms with Crippen LogP contribution < -0.4 is 20.3 Å². The van der Waals surface area contributed by atoms with Crippen molar-refractivity contribution in [2.45, 2.75) is 84.4 Å². The van der Waals surface area contributed by atoms with E-state index in [-0.39, 0.29) is 24.4 Å². The molecule has 11 heteroatoms. The molecule has 42 heavy (non-hydrogen) atoms. The fraction of sp³-hybridized carbons (Fsp3) is 0.581. The van der Waals surface area contributed by atoms with E-state index in [4.69, 9.17) is 11.6 Å². The van der Waals surface area contributed by atoms with Gasteiger partial charge in [-0.1, -0.05) is 56.5 Å². The number of carbonyl (C=O) groups is 1. The number of rotatable bonds is 15. The van der Waals surface area contributed by atoms with E-state index in [1.807, 2.05) is 31.2 Å². The standard InChI is InChI=1S/C31H49ClN4O4S.ClH/c1-5-33-26-17-25(18-27(20-26)36-15-8-9-16-41(36,39)40)31(38)35-29(19-24-13-6-7-14-28(24)32)30(37)21-34-23(4)12-10-11-22(2)3;/h6-7,13-14,17-18,20,22-23,29-30,33-34,37,39-40H,5,8-12,15-16,19,21H2,1-4H3,(H,35,38);1H/t23?,29-,30-;/m0./s1. The number of hydrogen-bond donors (Lipinski definition) is 6. The molecule has 0 radical (unpaired) electrons. The first-order valence-corrected chi connectivity index (χ1v) is 16.9. The zero-order chi connectivity index (χ0) is 30.0. The van der Waals surface area contributed by atoms with E-state index in [0.29, 0.717) is 54.0 Å². The largest absolute Gasteiger partial charge is 0.390 e. The van der Waals surface area contributed by atoms with Gasteiger partial charge in [0.2, 0.25) is 0 Å². The van der Waals surface area contributed by atoms with Gasteiger partial charge in [-0.2, -0.15) is 0 Å². The van der Waals surface area contributed by atoms with Crippen LogP contribution in [-0.4, -0.2) is 63.7 Å². The van der Waals surface area contributed by atoms with Crippen LogP contribution in [0.25, 0.3) is 0 Å². The molecule has 0 aromatic heterocycles. The molecule has 6 N–H and O–H groups in total. The van der Waals surface area contributed by atoms with Crippen molar-refractivity contribution in [2.24, 2.45) is 5.92 Å². The van der Waals surface area contributed by atoms with Gasteiger partial charge in [0.15, 0.2) is 0 Å². The van der Waals surface area contributed by atoms with Gasteiger partial charge in [-0.05, 0) is 75.3 Å². The zero-order valence-electron chi connectivity index (χ0n) is 25.3. The number of anilines is 2. The molecule has 1 fully saturated rings. The van der Waals surface area contributed by atoms with Crippen LogP contribution in [0.4, 0.5) is 11.4 Å². The van der Waals surface area contributed by atoms with Crippen LogP contribution in [0, 0.1) is 5.92 Å². The number of amides is 1. The third kappa shape index (κ3) is 11.1. The molecule has 1 unspecified atom stereocenters. The topological polar surface area (TPSA) is 117 Å². The first-order valence-electron chi connectivity index (χ1n) is 14.9. The molecule has 1 aliphatic heterocycles. The molecule has 0 saturated carbocycles. The second-order valence-corrected chi connectivity index (χ2v) is 14.0. The van der Waals surface area contributed by atoms with Crippen molar-refractivity contribution in [3.8, 4) is 0 Å². The zero-order valence-corrected chi connectivity index (χ0v) is 27.7. The number of halogens is 2. The lowest BCUT2D eigenvalue weighted by Crippen LogP contribution is -2.49. The Morgan fingerprint density at radius 1 is 1.10 bits per heavy atom. The van der Waals surface area contributed by atoms with Crippen molar-refractivity contribution in [1.29, 1.82) is 0 Å². The molecule has 2 aromatic carbocycles. The fourth-order valence-electron chi connectivity index (χ4n) is 5.13. The Hall–Kier alpha value is -1.72. The van der Waals surface area contributed by atoms with Gasteiger partial charge < -0.3 is 21.1 Å². The molecule has 0 spiro atoms. The fourth-order valence-corrected chi connectivity index (χ4v) is 7.02. The smallest absolute Gasteiger partial charge is 0.251 e. The summed E-state index contributed by atoms with van der Waals surface area (Å²) < 4.78 is 23.1. The molecular formula is C31H50Cl2N4O4S. The van der Waals surface area contributed by atoms with Gasteiger partial charge in [0.1, 0.15) is 0 Å². The quantitative estimate of drug-likeness (QED) is 0.124. The number of aliphatic hydroxyl groups is 1. The van der Waals surface area contributed by atoms with Gasteiger partial charge in [-0.3, -0.25) is 18.2 Å². The van der Waals surface area contributed by atoms with E-state index in [1.54, 1.807) is 22.5 Å². The normalized spacial score (nSPS) is 17.6. The van der Waals surface area contributed by atoms with Gasteiger partial charge in [0, 0.05) is 41.9 Å². The lowest BCUT2D eigenvalue weighted by atomic mass is 9.99. The van der Waals surface area contributed by atoms with Crippen molar-refractivity contribution in [2.75, 3.05) is 35.0 Å². The summed E-state index contributed by atoms with van der Waals surface area (Å²) >= 11 is 6.46. The van der Waals surface area contributed by atoms with Crippen molar-refractivity contribution in [1.82, 2.24) is 10.6 Å². The predicted octanol–water partition coefficient (Wildman–Crippen LogP) is 6.97. The highest BCUT2D eigenvalue weighted by atomic mass is 35.5. The lowest BCUT2D eigenvalue weighted by Gasteiger charge is -2.47. The number of carbonyl (C=O) groups excluding carboxylic acids is 1. The lowest BCUT2D eigenvalue weighted by molar-refractivity contribution is 0.0825. The second kappa shape index (κ2) is 17.5. The summed E-state index contributed by atoms with van der Waals surface area (Å²) in [5.41, 5.74) is 2.53. The predicted molar refractivity (Wildman–Crippen MR) is 181 cm³/mol. The van der Waals surface area contributed by atoms with Crippen LogP contribution in [-0.2, 0) is 6.42 Å². The van der Waals surface area contributed by atoms with Crippen molar-refractivity contribution in [3.63, 3.8) is 0 Å². The highest BCUT2D eigenvalue weighted by Crippen LogP contribution is 2.50. The van der Waals surface area contributed by atoms with E-state index < -0.39 is 22.9 Å². The van der Waals surface area contributed by atoms with Crippen LogP contribution in [0.5, 0.6) is 0 Å².